The predicted octanol–water partition coefficient (Wildman–Crippen LogP) is 3.85. The third-order valence-electron chi connectivity index (χ3n) is 2.84. The van der Waals surface area contributed by atoms with Crippen molar-refractivity contribution >= 4 is 23.3 Å². The van der Waals surface area contributed by atoms with E-state index in [0.717, 1.165) is 12.1 Å². The molecule has 0 radical (unpaired) electrons. The predicted molar refractivity (Wildman–Crippen MR) is 91.6 cm³/mol. The van der Waals surface area contributed by atoms with E-state index < -0.39 is 28.1 Å². The number of nitro groups is 1. The summed E-state index contributed by atoms with van der Waals surface area (Å²) in [5.74, 6) is -1.35. The SMILES string of the molecule is CC(C)(C)OC(=O)Nc1cc(F)cc(Oc2ccnc(N)c2[N+](=O)[O-])c1. The van der Waals surface area contributed by atoms with E-state index in [9.17, 15) is 19.3 Å². The number of nitrogen functional groups attached to an aromatic ring is 1. The average Bonchev–Trinajstić information content (AvgIpc) is 2.43. The van der Waals surface area contributed by atoms with Crippen LogP contribution < -0.4 is 15.8 Å². The molecule has 0 saturated carbocycles. The van der Waals surface area contributed by atoms with E-state index >= 15 is 0 Å². The Labute approximate surface area is 148 Å². The van der Waals surface area contributed by atoms with E-state index in [1.165, 1.54) is 18.3 Å². The molecule has 1 heterocycles. The van der Waals surface area contributed by atoms with Gasteiger partial charge in [0.1, 0.15) is 17.2 Å². The molecule has 1 amide bonds. The van der Waals surface area contributed by atoms with Crippen LogP contribution in [0.4, 0.5) is 26.4 Å². The Morgan fingerprint density at radius 1 is 1.35 bits per heavy atom. The fraction of sp³-hybridized carbons (Fsp3) is 0.250. The second-order valence-electron chi connectivity index (χ2n) is 6.20. The zero-order valence-corrected chi connectivity index (χ0v) is 14.3. The first-order valence-electron chi connectivity index (χ1n) is 7.42. The van der Waals surface area contributed by atoms with Crippen molar-refractivity contribution in [1.29, 1.82) is 0 Å². The van der Waals surface area contributed by atoms with Crippen LogP contribution in [0.5, 0.6) is 11.5 Å². The van der Waals surface area contributed by atoms with Crippen molar-refractivity contribution in [1.82, 2.24) is 4.98 Å². The van der Waals surface area contributed by atoms with Crippen molar-refractivity contribution < 1.29 is 23.6 Å². The Hall–Kier alpha value is -3.43. The lowest BCUT2D eigenvalue weighted by Crippen LogP contribution is -2.27. The second-order valence-corrected chi connectivity index (χ2v) is 6.20. The highest BCUT2D eigenvalue weighted by molar-refractivity contribution is 5.85. The largest absolute Gasteiger partial charge is 0.450 e. The molecular formula is C16H17FN4O5. The summed E-state index contributed by atoms with van der Waals surface area (Å²) >= 11 is 0. The number of hydrogen-bond acceptors (Lipinski definition) is 7. The summed E-state index contributed by atoms with van der Waals surface area (Å²) in [4.78, 5) is 25.8. The van der Waals surface area contributed by atoms with E-state index in [0.29, 0.717) is 0 Å². The second kappa shape index (κ2) is 7.21. The quantitative estimate of drug-likeness (QED) is 0.622. The maximum atomic E-state index is 13.8. The van der Waals surface area contributed by atoms with E-state index in [2.05, 4.69) is 10.3 Å². The monoisotopic (exact) mass is 364 g/mol. The average molecular weight is 364 g/mol. The minimum Gasteiger partial charge on any atom is -0.450 e. The zero-order valence-electron chi connectivity index (χ0n) is 14.3. The van der Waals surface area contributed by atoms with Crippen molar-refractivity contribution in [2.24, 2.45) is 0 Å². The van der Waals surface area contributed by atoms with Crippen molar-refractivity contribution in [3.63, 3.8) is 0 Å². The molecule has 0 fully saturated rings. The molecule has 1 aromatic heterocycles. The fourth-order valence-corrected chi connectivity index (χ4v) is 1.96. The molecule has 0 aliphatic heterocycles. The summed E-state index contributed by atoms with van der Waals surface area (Å²) in [7, 11) is 0. The van der Waals surface area contributed by atoms with Crippen LogP contribution in [0.1, 0.15) is 20.8 Å². The molecule has 0 unspecified atom stereocenters. The lowest BCUT2D eigenvalue weighted by molar-refractivity contribution is -0.384. The number of ether oxygens (including phenoxy) is 2. The maximum absolute atomic E-state index is 13.8. The van der Waals surface area contributed by atoms with Crippen molar-refractivity contribution in [3.8, 4) is 11.5 Å². The normalized spacial score (nSPS) is 10.9. The highest BCUT2D eigenvalue weighted by Gasteiger charge is 2.22. The van der Waals surface area contributed by atoms with Crippen LogP contribution in [0.25, 0.3) is 0 Å². The van der Waals surface area contributed by atoms with E-state index in [-0.39, 0.29) is 23.0 Å². The summed E-state index contributed by atoms with van der Waals surface area (Å²) in [5.41, 5.74) is 4.26. The number of nitrogens with one attached hydrogen (secondary N) is 1. The molecule has 0 aliphatic rings. The number of aromatic nitrogens is 1. The van der Waals surface area contributed by atoms with Gasteiger partial charge in [0.05, 0.1) is 10.6 Å². The fourth-order valence-electron chi connectivity index (χ4n) is 1.96. The van der Waals surface area contributed by atoms with Gasteiger partial charge in [-0.05, 0) is 26.8 Å². The van der Waals surface area contributed by atoms with Gasteiger partial charge in [-0.25, -0.2) is 14.2 Å². The molecule has 0 aliphatic carbocycles. The summed E-state index contributed by atoms with van der Waals surface area (Å²) in [6.07, 6.45) is 0.435. The van der Waals surface area contributed by atoms with Gasteiger partial charge in [0, 0.05) is 24.4 Å². The van der Waals surface area contributed by atoms with Crippen LogP contribution in [-0.2, 0) is 4.74 Å². The number of hydrogen-bond donors (Lipinski definition) is 2. The van der Waals surface area contributed by atoms with Crippen LogP contribution in [0.2, 0.25) is 0 Å². The lowest BCUT2D eigenvalue weighted by atomic mass is 10.2. The van der Waals surface area contributed by atoms with E-state index in [1.807, 2.05) is 0 Å². The van der Waals surface area contributed by atoms with Gasteiger partial charge in [-0.1, -0.05) is 0 Å². The minimum absolute atomic E-state index is 0.0546. The molecule has 138 valence electrons. The highest BCUT2D eigenvalue weighted by Crippen LogP contribution is 2.35. The Morgan fingerprint density at radius 3 is 2.65 bits per heavy atom. The van der Waals surface area contributed by atoms with Gasteiger partial charge < -0.3 is 15.2 Å². The van der Waals surface area contributed by atoms with Gasteiger partial charge in [-0.2, -0.15) is 0 Å². The van der Waals surface area contributed by atoms with Crippen molar-refractivity contribution in [2.75, 3.05) is 11.1 Å². The van der Waals surface area contributed by atoms with Crippen LogP contribution in [-0.4, -0.2) is 21.6 Å². The third kappa shape index (κ3) is 5.03. The summed E-state index contributed by atoms with van der Waals surface area (Å²) < 4.78 is 24.3. The van der Waals surface area contributed by atoms with Crippen LogP contribution >= 0.6 is 0 Å². The van der Waals surface area contributed by atoms with Gasteiger partial charge in [0.15, 0.2) is 0 Å². The van der Waals surface area contributed by atoms with Crippen LogP contribution in [0, 0.1) is 15.9 Å². The molecule has 0 saturated heterocycles. The van der Waals surface area contributed by atoms with Crippen LogP contribution in [0.3, 0.4) is 0 Å². The molecule has 0 bridgehead atoms. The maximum Gasteiger partial charge on any atom is 0.412 e. The minimum atomic E-state index is -0.784. The number of benzene rings is 1. The first-order chi connectivity index (χ1) is 12.0. The molecule has 9 nitrogen and oxygen atoms in total. The Kier molecular flexibility index (Phi) is 5.24. The lowest BCUT2D eigenvalue weighted by Gasteiger charge is -2.19. The molecule has 2 aromatic rings. The van der Waals surface area contributed by atoms with Crippen molar-refractivity contribution in [2.45, 2.75) is 26.4 Å². The molecule has 2 rings (SSSR count). The topological polar surface area (TPSA) is 130 Å². The van der Waals surface area contributed by atoms with E-state index in [4.69, 9.17) is 15.2 Å². The first-order valence-corrected chi connectivity index (χ1v) is 7.42. The van der Waals surface area contributed by atoms with Gasteiger partial charge in [0.2, 0.25) is 11.6 Å². The highest BCUT2D eigenvalue weighted by atomic mass is 19.1. The Morgan fingerprint density at radius 2 is 2.04 bits per heavy atom. The molecule has 3 N–H and O–H groups in total. The molecule has 0 spiro atoms. The van der Waals surface area contributed by atoms with Gasteiger partial charge in [-0.3, -0.25) is 15.4 Å². The molecule has 1 aromatic carbocycles. The Bertz CT molecular complexity index is 851. The Balaban J connectivity index is 2.27. The third-order valence-corrected chi connectivity index (χ3v) is 2.84. The van der Waals surface area contributed by atoms with Gasteiger partial charge in [0.25, 0.3) is 0 Å². The number of halogens is 1. The first kappa shape index (κ1) is 18.9. The summed E-state index contributed by atoms with van der Waals surface area (Å²) in [6, 6.07) is 4.56. The summed E-state index contributed by atoms with van der Waals surface area (Å²) in [5, 5.41) is 13.5. The standard InChI is InChI=1S/C16H17FN4O5/c1-16(2,3)26-15(22)20-10-6-9(17)7-11(8-10)25-12-4-5-19-14(18)13(12)21(23)24/h4-8H,1-3H3,(H2,18,19)(H,20,22). The van der Waals surface area contributed by atoms with Crippen LogP contribution in [0.15, 0.2) is 30.5 Å². The number of nitrogens with two attached hydrogens (primary N) is 1. The number of carbonyl (C=O) groups excluding carboxylic acids is 1. The molecule has 0 atom stereocenters. The molecule has 26 heavy (non-hydrogen) atoms. The number of anilines is 2. The molecule has 10 heteroatoms. The number of nitrogens with zero attached hydrogens (tertiary/aromatic N) is 2. The number of pyridine rings is 1. The number of rotatable bonds is 4. The van der Waals surface area contributed by atoms with E-state index in [1.54, 1.807) is 20.8 Å². The summed E-state index contributed by atoms with van der Waals surface area (Å²) in [6.45, 7) is 5.04. The van der Waals surface area contributed by atoms with Gasteiger partial charge >= 0.3 is 11.8 Å². The number of amides is 1. The van der Waals surface area contributed by atoms with Crippen molar-refractivity contribution in [3.05, 3.63) is 46.4 Å². The smallest absolute Gasteiger partial charge is 0.412 e. The number of carbonyl (C=O) groups is 1. The molecular weight excluding hydrogens is 347 g/mol. The van der Waals surface area contributed by atoms with Gasteiger partial charge in [-0.15, -0.1) is 0 Å². The zero-order chi connectivity index (χ0) is 19.5.